The van der Waals surface area contributed by atoms with E-state index in [1.807, 2.05) is 60.1 Å². The molecule has 28 heavy (non-hydrogen) atoms. The number of nitrogens with zero attached hydrogens (tertiary/aromatic N) is 4. The van der Waals surface area contributed by atoms with Gasteiger partial charge in [-0.1, -0.05) is 42.8 Å². The normalized spacial score (nSPS) is 18.6. The molecule has 6 nitrogen and oxygen atoms in total. The molecule has 2 unspecified atom stereocenters. The van der Waals surface area contributed by atoms with Gasteiger partial charge in [-0.25, -0.2) is 4.68 Å². The molecule has 1 amide bonds. The van der Waals surface area contributed by atoms with Gasteiger partial charge in [-0.2, -0.15) is 10.1 Å². The summed E-state index contributed by atoms with van der Waals surface area (Å²) in [5, 5.41) is 5.09. The van der Waals surface area contributed by atoms with Crippen LogP contribution < -0.4 is 9.64 Å². The number of amides is 1. The summed E-state index contributed by atoms with van der Waals surface area (Å²) in [6, 6.07) is 15.4. The minimum atomic E-state index is -0.145. The number of methoxy groups -OCH3 is 1. The fraction of sp³-hybridized carbons (Fsp3) is 0.286. The van der Waals surface area contributed by atoms with Crippen LogP contribution in [0.1, 0.15) is 43.0 Å². The van der Waals surface area contributed by atoms with Crippen molar-refractivity contribution in [2.24, 2.45) is 0 Å². The van der Waals surface area contributed by atoms with Crippen molar-refractivity contribution in [1.82, 2.24) is 14.8 Å². The van der Waals surface area contributed by atoms with Crippen LogP contribution in [0.4, 0.5) is 5.95 Å². The van der Waals surface area contributed by atoms with Crippen LogP contribution in [0.15, 0.2) is 54.9 Å². The van der Waals surface area contributed by atoms with Crippen LogP contribution in [-0.2, 0) is 4.79 Å². The third-order valence-electron chi connectivity index (χ3n) is 5.15. The minimum Gasteiger partial charge on any atom is -0.497 e. The van der Waals surface area contributed by atoms with E-state index in [1.54, 1.807) is 12.0 Å². The average molecular weight is 397 g/mol. The van der Waals surface area contributed by atoms with Gasteiger partial charge < -0.3 is 4.74 Å². The van der Waals surface area contributed by atoms with Crippen LogP contribution in [0.2, 0.25) is 5.02 Å². The fourth-order valence-corrected chi connectivity index (χ4v) is 3.85. The molecule has 0 spiro atoms. The lowest BCUT2D eigenvalue weighted by atomic mass is 9.91. The molecule has 0 radical (unpaired) electrons. The summed E-state index contributed by atoms with van der Waals surface area (Å²) in [5.74, 6) is 1.39. The van der Waals surface area contributed by atoms with Crippen molar-refractivity contribution in [3.8, 4) is 5.75 Å². The fourth-order valence-electron chi connectivity index (χ4n) is 3.72. The molecule has 0 saturated heterocycles. The predicted octanol–water partition coefficient (Wildman–Crippen LogP) is 4.42. The van der Waals surface area contributed by atoms with Crippen LogP contribution in [0, 0.1) is 0 Å². The zero-order valence-corrected chi connectivity index (χ0v) is 16.5. The van der Waals surface area contributed by atoms with Gasteiger partial charge >= 0.3 is 0 Å². The van der Waals surface area contributed by atoms with Crippen molar-refractivity contribution in [1.29, 1.82) is 0 Å². The van der Waals surface area contributed by atoms with E-state index >= 15 is 0 Å². The first-order valence-electron chi connectivity index (χ1n) is 9.23. The predicted molar refractivity (Wildman–Crippen MR) is 108 cm³/mol. The second-order valence-electron chi connectivity index (χ2n) is 6.71. The average Bonchev–Trinajstić information content (AvgIpc) is 3.22. The molecule has 0 aliphatic carbocycles. The summed E-state index contributed by atoms with van der Waals surface area (Å²) in [6.45, 7) is 1.86. The largest absolute Gasteiger partial charge is 0.497 e. The molecule has 2 atom stereocenters. The highest BCUT2D eigenvalue weighted by atomic mass is 35.5. The number of aromatic nitrogens is 3. The SMILES string of the molecule is CCC(=O)N1c2ncnn2C(c2ccc(OC)cc2)CC1c1ccc(Cl)cc1. The molecular weight excluding hydrogens is 376 g/mol. The smallest absolute Gasteiger partial charge is 0.231 e. The number of rotatable bonds is 4. The number of hydrogen-bond donors (Lipinski definition) is 0. The Morgan fingerprint density at radius 2 is 1.75 bits per heavy atom. The van der Waals surface area contributed by atoms with Crippen LogP contribution in [0.5, 0.6) is 5.75 Å². The lowest BCUT2D eigenvalue weighted by Gasteiger charge is -2.39. The molecule has 0 saturated carbocycles. The highest BCUT2D eigenvalue weighted by Crippen LogP contribution is 2.42. The lowest BCUT2D eigenvalue weighted by Crippen LogP contribution is -2.42. The first-order chi connectivity index (χ1) is 13.6. The van der Waals surface area contributed by atoms with Crippen LogP contribution >= 0.6 is 11.6 Å². The number of ether oxygens (including phenoxy) is 1. The number of fused-ring (bicyclic) bond motifs is 1. The standard InChI is InChI=1S/C21H21ClN4O2/c1-3-20(27)25-18(14-4-8-16(22)9-5-14)12-19(26-21(25)23-13-24-26)15-6-10-17(28-2)11-7-15/h4-11,13,18-19H,3,12H2,1-2H3. The van der Waals surface area contributed by atoms with Crippen molar-refractivity contribution < 1.29 is 9.53 Å². The Morgan fingerprint density at radius 1 is 1.11 bits per heavy atom. The number of hydrogen-bond acceptors (Lipinski definition) is 4. The van der Waals surface area contributed by atoms with E-state index < -0.39 is 0 Å². The zero-order chi connectivity index (χ0) is 19.7. The van der Waals surface area contributed by atoms with E-state index in [9.17, 15) is 4.79 Å². The van der Waals surface area contributed by atoms with Gasteiger partial charge in [0.15, 0.2) is 0 Å². The number of anilines is 1. The minimum absolute atomic E-state index is 0.0161. The van der Waals surface area contributed by atoms with Gasteiger partial charge in [-0.05, 0) is 41.8 Å². The zero-order valence-electron chi connectivity index (χ0n) is 15.7. The van der Waals surface area contributed by atoms with Crippen LogP contribution in [-0.4, -0.2) is 27.8 Å². The molecule has 0 bridgehead atoms. The number of benzene rings is 2. The third-order valence-corrected chi connectivity index (χ3v) is 5.40. The van der Waals surface area contributed by atoms with Crippen LogP contribution in [0.25, 0.3) is 0 Å². The molecule has 0 fully saturated rings. The van der Waals surface area contributed by atoms with Crippen LogP contribution in [0.3, 0.4) is 0 Å². The maximum absolute atomic E-state index is 12.8. The van der Waals surface area contributed by atoms with E-state index in [0.717, 1.165) is 16.9 Å². The summed E-state index contributed by atoms with van der Waals surface area (Å²) < 4.78 is 7.11. The summed E-state index contributed by atoms with van der Waals surface area (Å²) in [6.07, 6.45) is 2.59. The number of carbonyl (C=O) groups is 1. The monoisotopic (exact) mass is 396 g/mol. The van der Waals surface area contributed by atoms with Gasteiger partial charge in [0.05, 0.1) is 19.2 Å². The first kappa shape index (κ1) is 18.5. The molecule has 1 aliphatic rings. The second kappa shape index (κ2) is 7.64. The third kappa shape index (κ3) is 3.24. The van der Waals surface area contributed by atoms with E-state index in [2.05, 4.69) is 10.1 Å². The van der Waals surface area contributed by atoms with Gasteiger partial charge in [0.1, 0.15) is 12.1 Å². The van der Waals surface area contributed by atoms with Gasteiger partial charge in [0, 0.05) is 11.4 Å². The molecule has 2 heterocycles. The molecule has 4 rings (SSSR count). The van der Waals surface area contributed by atoms with Crippen molar-refractivity contribution in [2.45, 2.75) is 31.8 Å². The number of halogens is 1. The topological polar surface area (TPSA) is 60.2 Å². The Hall–Kier alpha value is -2.86. The molecule has 1 aromatic heterocycles. The Bertz CT molecular complexity index is 969. The Kier molecular flexibility index (Phi) is 5.05. The van der Waals surface area contributed by atoms with Gasteiger partial charge in [0.2, 0.25) is 11.9 Å². The van der Waals surface area contributed by atoms with Crippen molar-refractivity contribution >= 4 is 23.5 Å². The van der Waals surface area contributed by atoms with E-state index in [1.165, 1.54) is 6.33 Å². The maximum atomic E-state index is 12.8. The molecule has 3 aromatic rings. The van der Waals surface area contributed by atoms with Crippen molar-refractivity contribution in [3.05, 3.63) is 71.0 Å². The summed E-state index contributed by atoms with van der Waals surface area (Å²) in [5.41, 5.74) is 2.12. The highest BCUT2D eigenvalue weighted by molar-refractivity contribution is 6.30. The molecule has 7 heteroatoms. The first-order valence-corrected chi connectivity index (χ1v) is 9.61. The van der Waals surface area contributed by atoms with Crippen molar-refractivity contribution in [3.63, 3.8) is 0 Å². The Labute approximate surface area is 168 Å². The second-order valence-corrected chi connectivity index (χ2v) is 7.15. The molecular formula is C21H21ClN4O2. The van der Waals surface area contributed by atoms with E-state index in [0.29, 0.717) is 23.8 Å². The lowest BCUT2D eigenvalue weighted by molar-refractivity contribution is -0.119. The molecule has 2 aromatic carbocycles. The molecule has 0 N–H and O–H groups in total. The summed E-state index contributed by atoms with van der Waals surface area (Å²) in [4.78, 5) is 19.0. The van der Waals surface area contributed by atoms with Crippen molar-refractivity contribution in [2.75, 3.05) is 12.0 Å². The highest BCUT2D eigenvalue weighted by Gasteiger charge is 2.38. The van der Waals surface area contributed by atoms with Gasteiger partial charge in [-0.15, -0.1) is 0 Å². The number of carbonyl (C=O) groups excluding carboxylic acids is 1. The molecule has 144 valence electrons. The van der Waals surface area contributed by atoms with E-state index in [-0.39, 0.29) is 18.0 Å². The Morgan fingerprint density at radius 3 is 2.39 bits per heavy atom. The van der Waals surface area contributed by atoms with Gasteiger partial charge in [-0.3, -0.25) is 9.69 Å². The quantitative estimate of drug-likeness (QED) is 0.655. The maximum Gasteiger partial charge on any atom is 0.231 e. The van der Waals surface area contributed by atoms with E-state index in [4.69, 9.17) is 16.3 Å². The summed E-state index contributed by atoms with van der Waals surface area (Å²) in [7, 11) is 1.65. The summed E-state index contributed by atoms with van der Waals surface area (Å²) >= 11 is 6.07. The molecule has 1 aliphatic heterocycles. The Balaban J connectivity index is 1.80. The van der Waals surface area contributed by atoms with Gasteiger partial charge in [0.25, 0.3) is 0 Å².